The van der Waals surface area contributed by atoms with E-state index in [4.69, 9.17) is 11.6 Å². The van der Waals surface area contributed by atoms with E-state index < -0.39 is 0 Å². The van der Waals surface area contributed by atoms with Gasteiger partial charge in [0.25, 0.3) is 5.91 Å². The highest BCUT2D eigenvalue weighted by Gasteiger charge is 2.16. The molecule has 3 aromatic rings. The van der Waals surface area contributed by atoms with E-state index in [1.807, 2.05) is 32.0 Å². The van der Waals surface area contributed by atoms with Gasteiger partial charge in [0.05, 0.1) is 28.3 Å². The van der Waals surface area contributed by atoms with Crippen molar-refractivity contribution in [3.8, 4) is 10.6 Å². The van der Waals surface area contributed by atoms with Gasteiger partial charge >= 0.3 is 0 Å². The van der Waals surface area contributed by atoms with E-state index in [0.29, 0.717) is 15.6 Å². The predicted octanol–water partition coefficient (Wildman–Crippen LogP) is 4.06. The zero-order valence-corrected chi connectivity index (χ0v) is 13.5. The lowest BCUT2D eigenvalue weighted by Gasteiger charge is -2.02. The molecular formula is C15H13ClN4OS. The molecular weight excluding hydrogens is 320 g/mol. The lowest BCUT2D eigenvalue weighted by Crippen LogP contribution is -2.11. The Morgan fingerprint density at radius 3 is 2.77 bits per heavy atom. The number of nitrogens with zero attached hydrogens (tertiary/aromatic N) is 2. The van der Waals surface area contributed by atoms with Gasteiger partial charge in [-0.15, -0.1) is 11.3 Å². The molecule has 0 fully saturated rings. The molecule has 0 saturated carbocycles. The molecule has 3 rings (SSSR count). The van der Waals surface area contributed by atoms with Gasteiger partial charge in [0.2, 0.25) is 0 Å². The molecule has 1 amide bonds. The lowest BCUT2D eigenvalue weighted by molar-refractivity contribution is 0.103. The fourth-order valence-electron chi connectivity index (χ4n) is 2.05. The summed E-state index contributed by atoms with van der Waals surface area (Å²) >= 11 is 7.46. The number of rotatable bonds is 3. The molecule has 2 N–H and O–H groups in total. The molecule has 2 aromatic heterocycles. The monoisotopic (exact) mass is 332 g/mol. The van der Waals surface area contributed by atoms with E-state index in [9.17, 15) is 4.79 Å². The lowest BCUT2D eigenvalue weighted by atomic mass is 10.2. The number of thiazole rings is 1. The topological polar surface area (TPSA) is 70.7 Å². The molecule has 22 heavy (non-hydrogen) atoms. The van der Waals surface area contributed by atoms with Crippen molar-refractivity contribution in [1.29, 1.82) is 0 Å². The van der Waals surface area contributed by atoms with Gasteiger partial charge in [-0.3, -0.25) is 9.89 Å². The number of aryl methyl sites for hydroxylation is 2. The highest BCUT2D eigenvalue weighted by atomic mass is 35.5. The standard InChI is InChI=1S/C15H13ClN4OS/c1-8-13(9(2)20-19-8)18-14(21)12-7-17-15(22-12)10-5-3-4-6-11(10)16/h3-7H,1-2H3,(H,18,21)(H,19,20). The maximum Gasteiger partial charge on any atom is 0.267 e. The van der Waals surface area contributed by atoms with Crippen molar-refractivity contribution in [1.82, 2.24) is 15.2 Å². The summed E-state index contributed by atoms with van der Waals surface area (Å²) in [5, 5.41) is 11.1. The highest BCUT2D eigenvalue weighted by molar-refractivity contribution is 7.17. The second-order valence-electron chi connectivity index (χ2n) is 4.77. The van der Waals surface area contributed by atoms with Gasteiger partial charge in [-0.05, 0) is 19.9 Å². The normalized spacial score (nSPS) is 10.7. The van der Waals surface area contributed by atoms with Crippen LogP contribution >= 0.6 is 22.9 Å². The summed E-state index contributed by atoms with van der Waals surface area (Å²) in [6.45, 7) is 3.69. The fourth-order valence-corrected chi connectivity index (χ4v) is 3.18. The summed E-state index contributed by atoms with van der Waals surface area (Å²) in [7, 11) is 0. The van der Waals surface area contributed by atoms with Crippen LogP contribution in [0.1, 0.15) is 21.1 Å². The number of benzene rings is 1. The Balaban J connectivity index is 1.85. The summed E-state index contributed by atoms with van der Waals surface area (Å²) in [6, 6.07) is 7.43. The molecule has 1 aromatic carbocycles. The first-order valence-corrected chi connectivity index (χ1v) is 7.79. The van der Waals surface area contributed by atoms with Gasteiger partial charge in [0.15, 0.2) is 0 Å². The van der Waals surface area contributed by atoms with E-state index in [1.54, 1.807) is 12.3 Å². The van der Waals surface area contributed by atoms with Crippen LogP contribution in [0.2, 0.25) is 5.02 Å². The Kier molecular flexibility index (Phi) is 3.96. The van der Waals surface area contributed by atoms with Crippen LogP contribution in [0.3, 0.4) is 0 Å². The van der Waals surface area contributed by atoms with Crippen LogP contribution in [0.25, 0.3) is 10.6 Å². The first kappa shape index (κ1) is 14.7. The molecule has 0 atom stereocenters. The number of H-pyrrole nitrogens is 1. The number of halogens is 1. The molecule has 0 aliphatic rings. The number of hydrogen-bond acceptors (Lipinski definition) is 4. The Morgan fingerprint density at radius 2 is 2.09 bits per heavy atom. The predicted molar refractivity (Wildman–Crippen MR) is 88.6 cm³/mol. The third kappa shape index (κ3) is 2.75. The Hall–Kier alpha value is -2.18. The van der Waals surface area contributed by atoms with Gasteiger partial charge in [0.1, 0.15) is 9.88 Å². The molecule has 0 spiro atoms. The molecule has 0 bridgehead atoms. The van der Waals surface area contributed by atoms with Crippen molar-refractivity contribution in [2.45, 2.75) is 13.8 Å². The number of anilines is 1. The minimum absolute atomic E-state index is 0.205. The molecule has 2 heterocycles. The molecule has 0 aliphatic heterocycles. The number of carbonyl (C=O) groups is 1. The van der Waals surface area contributed by atoms with Crippen LogP contribution in [-0.4, -0.2) is 21.1 Å². The average molecular weight is 333 g/mol. The van der Waals surface area contributed by atoms with E-state index in [2.05, 4.69) is 20.5 Å². The van der Waals surface area contributed by atoms with E-state index >= 15 is 0 Å². The van der Waals surface area contributed by atoms with Crippen molar-refractivity contribution in [2.75, 3.05) is 5.32 Å². The maximum atomic E-state index is 12.3. The van der Waals surface area contributed by atoms with Gasteiger partial charge in [0, 0.05) is 5.56 Å². The van der Waals surface area contributed by atoms with Gasteiger partial charge in [-0.25, -0.2) is 4.98 Å². The highest BCUT2D eigenvalue weighted by Crippen LogP contribution is 2.31. The zero-order chi connectivity index (χ0) is 15.7. The SMILES string of the molecule is Cc1n[nH]c(C)c1NC(=O)c1cnc(-c2ccccc2Cl)s1. The molecule has 5 nitrogen and oxygen atoms in total. The summed E-state index contributed by atoms with van der Waals surface area (Å²) in [5.41, 5.74) is 3.10. The van der Waals surface area contributed by atoms with Crippen LogP contribution in [0.15, 0.2) is 30.5 Å². The van der Waals surface area contributed by atoms with Crippen molar-refractivity contribution in [3.05, 3.63) is 51.7 Å². The Labute approximate surface area is 136 Å². The zero-order valence-electron chi connectivity index (χ0n) is 12.0. The molecule has 0 saturated heterocycles. The van der Waals surface area contributed by atoms with Crippen molar-refractivity contribution in [2.24, 2.45) is 0 Å². The average Bonchev–Trinajstić information content (AvgIpc) is 3.10. The molecule has 0 aliphatic carbocycles. The number of aromatic amines is 1. The number of aromatic nitrogens is 3. The number of hydrogen-bond donors (Lipinski definition) is 2. The quantitative estimate of drug-likeness (QED) is 0.760. The van der Waals surface area contributed by atoms with Crippen LogP contribution < -0.4 is 5.32 Å². The van der Waals surface area contributed by atoms with Gasteiger partial charge in [-0.1, -0.05) is 29.8 Å². The van der Waals surface area contributed by atoms with Crippen LogP contribution in [0.5, 0.6) is 0 Å². The first-order chi connectivity index (χ1) is 10.6. The van der Waals surface area contributed by atoms with E-state index in [1.165, 1.54) is 11.3 Å². The summed E-state index contributed by atoms with van der Waals surface area (Å²) < 4.78 is 0. The van der Waals surface area contributed by atoms with Crippen molar-refractivity contribution >= 4 is 34.5 Å². The number of amides is 1. The molecule has 0 unspecified atom stereocenters. The Morgan fingerprint density at radius 1 is 1.32 bits per heavy atom. The first-order valence-electron chi connectivity index (χ1n) is 6.60. The smallest absolute Gasteiger partial charge is 0.267 e. The molecule has 7 heteroatoms. The van der Waals surface area contributed by atoms with Crippen molar-refractivity contribution < 1.29 is 4.79 Å². The second kappa shape index (κ2) is 5.90. The minimum Gasteiger partial charge on any atom is -0.318 e. The van der Waals surface area contributed by atoms with Crippen LogP contribution in [0, 0.1) is 13.8 Å². The minimum atomic E-state index is -0.205. The third-order valence-corrected chi connectivity index (χ3v) is 4.56. The summed E-state index contributed by atoms with van der Waals surface area (Å²) in [6.07, 6.45) is 1.56. The van der Waals surface area contributed by atoms with E-state index in [0.717, 1.165) is 22.0 Å². The molecule has 112 valence electrons. The second-order valence-corrected chi connectivity index (χ2v) is 6.21. The number of carbonyl (C=O) groups excluding carboxylic acids is 1. The molecule has 0 radical (unpaired) electrons. The maximum absolute atomic E-state index is 12.3. The summed E-state index contributed by atoms with van der Waals surface area (Å²) in [5.74, 6) is -0.205. The number of nitrogens with one attached hydrogen (secondary N) is 2. The van der Waals surface area contributed by atoms with E-state index in [-0.39, 0.29) is 5.91 Å². The fraction of sp³-hybridized carbons (Fsp3) is 0.133. The van der Waals surface area contributed by atoms with Gasteiger partial charge in [-0.2, -0.15) is 5.10 Å². The van der Waals surface area contributed by atoms with Crippen LogP contribution in [0.4, 0.5) is 5.69 Å². The Bertz CT molecular complexity index is 820. The third-order valence-electron chi connectivity index (χ3n) is 3.20. The summed E-state index contributed by atoms with van der Waals surface area (Å²) in [4.78, 5) is 17.1. The largest absolute Gasteiger partial charge is 0.318 e. The van der Waals surface area contributed by atoms with Crippen molar-refractivity contribution in [3.63, 3.8) is 0 Å². The van der Waals surface area contributed by atoms with Gasteiger partial charge < -0.3 is 5.32 Å². The van der Waals surface area contributed by atoms with Crippen LogP contribution in [-0.2, 0) is 0 Å².